The molecule has 3 unspecified atom stereocenters. The van der Waals surface area contributed by atoms with Gasteiger partial charge in [0.2, 0.25) is 5.91 Å². The number of rotatable bonds is 5. The van der Waals surface area contributed by atoms with Crippen LogP contribution < -0.4 is 19.7 Å². The summed E-state index contributed by atoms with van der Waals surface area (Å²) in [6.07, 6.45) is 3.70. The molecule has 3 aliphatic rings. The highest BCUT2D eigenvalue weighted by molar-refractivity contribution is 5.97. The second kappa shape index (κ2) is 10.5. The Balaban J connectivity index is 1.16. The predicted octanol–water partition coefficient (Wildman–Crippen LogP) is 3.08. The van der Waals surface area contributed by atoms with E-state index in [1.54, 1.807) is 20.3 Å². The van der Waals surface area contributed by atoms with E-state index in [0.717, 1.165) is 42.9 Å². The van der Waals surface area contributed by atoms with Gasteiger partial charge >= 0.3 is 0 Å². The molecule has 190 valence electrons. The van der Waals surface area contributed by atoms with Crippen molar-refractivity contribution in [3.8, 4) is 11.5 Å². The van der Waals surface area contributed by atoms with Gasteiger partial charge in [-0.3, -0.25) is 9.59 Å². The van der Waals surface area contributed by atoms with Crippen molar-refractivity contribution in [2.24, 2.45) is 5.92 Å². The van der Waals surface area contributed by atoms with E-state index in [2.05, 4.69) is 22.3 Å². The van der Waals surface area contributed by atoms with Gasteiger partial charge in [-0.15, -0.1) is 0 Å². The number of carbonyl (C=O) groups excluding carboxylic acids is 2. The minimum Gasteiger partial charge on any atom is -0.497 e. The van der Waals surface area contributed by atoms with Gasteiger partial charge in [-0.05, 0) is 55.7 Å². The Hall–Kier alpha value is -3.68. The fourth-order valence-corrected chi connectivity index (χ4v) is 5.38. The van der Waals surface area contributed by atoms with Crippen LogP contribution in [0.5, 0.6) is 11.5 Å². The lowest BCUT2D eigenvalue weighted by molar-refractivity contribution is -0.141. The number of hydrogen-bond acceptors (Lipinski definition) is 6. The molecule has 2 aliphatic heterocycles. The van der Waals surface area contributed by atoms with E-state index in [9.17, 15) is 9.59 Å². The number of methoxy groups -OCH3 is 2. The summed E-state index contributed by atoms with van der Waals surface area (Å²) in [6.45, 7) is 3.00. The number of anilines is 1. The van der Waals surface area contributed by atoms with Gasteiger partial charge in [0.25, 0.3) is 5.91 Å². The van der Waals surface area contributed by atoms with Crippen LogP contribution in [0.15, 0.2) is 54.3 Å². The van der Waals surface area contributed by atoms with Crippen LogP contribution in [0.2, 0.25) is 0 Å². The Morgan fingerprint density at radius 2 is 1.75 bits per heavy atom. The number of benzene rings is 2. The van der Waals surface area contributed by atoms with Crippen molar-refractivity contribution in [3.05, 3.63) is 59.9 Å². The van der Waals surface area contributed by atoms with Gasteiger partial charge in [0, 0.05) is 43.3 Å². The highest BCUT2D eigenvalue weighted by atomic mass is 16.5. The first-order chi connectivity index (χ1) is 17.6. The first-order valence-electron chi connectivity index (χ1n) is 12.6. The minimum absolute atomic E-state index is 0.0950. The Morgan fingerprint density at radius 3 is 2.47 bits per heavy atom. The summed E-state index contributed by atoms with van der Waals surface area (Å²) >= 11 is 0. The maximum absolute atomic E-state index is 13.3. The van der Waals surface area contributed by atoms with Crippen LogP contribution in [0.25, 0.3) is 6.08 Å². The van der Waals surface area contributed by atoms with Crippen LogP contribution in [-0.2, 0) is 14.3 Å². The van der Waals surface area contributed by atoms with Crippen molar-refractivity contribution >= 4 is 23.6 Å². The normalized spacial score (nSPS) is 25.0. The first-order valence-corrected chi connectivity index (χ1v) is 12.6. The fraction of sp³-hybridized carbons (Fsp3) is 0.429. The van der Waals surface area contributed by atoms with Gasteiger partial charge in [-0.2, -0.15) is 0 Å². The average molecular weight is 492 g/mol. The highest BCUT2D eigenvalue weighted by Crippen LogP contribution is 2.33. The molecule has 0 aromatic heterocycles. The summed E-state index contributed by atoms with van der Waals surface area (Å²) in [4.78, 5) is 30.4. The smallest absolute Gasteiger partial charge is 0.286 e. The van der Waals surface area contributed by atoms with Gasteiger partial charge in [0.05, 0.1) is 20.3 Å². The molecule has 36 heavy (non-hydrogen) atoms. The van der Waals surface area contributed by atoms with Crippen LogP contribution in [0.1, 0.15) is 24.8 Å². The molecule has 2 amide bonds. The summed E-state index contributed by atoms with van der Waals surface area (Å²) in [5.41, 5.74) is 1.93. The third kappa shape index (κ3) is 4.98. The molecule has 1 aliphatic carbocycles. The topological polar surface area (TPSA) is 80.3 Å². The van der Waals surface area contributed by atoms with E-state index in [1.807, 2.05) is 41.3 Å². The third-order valence-corrected chi connectivity index (χ3v) is 7.41. The van der Waals surface area contributed by atoms with E-state index >= 15 is 0 Å². The number of carbonyl (C=O) groups is 2. The molecule has 2 aromatic rings. The molecular weight excluding hydrogens is 458 g/mol. The largest absolute Gasteiger partial charge is 0.497 e. The van der Waals surface area contributed by atoms with Crippen LogP contribution >= 0.6 is 0 Å². The number of piperazine rings is 1. The summed E-state index contributed by atoms with van der Waals surface area (Å²) < 4.78 is 16.7. The molecule has 3 atom stereocenters. The molecule has 8 nitrogen and oxygen atoms in total. The minimum atomic E-state index is -0.247. The van der Waals surface area contributed by atoms with Crippen molar-refractivity contribution in [1.82, 2.24) is 10.2 Å². The zero-order valence-corrected chi connectivity index (χ0v) is 20.8. The van der Waals surface area contributed by atoms with E-state index < -0.39 is 0 Å². The third-order valence-electron chi connectivity index (χ3n) is 7.41. The van der Waals surface area contributed by atoms with Crippen molar-refractivity contribution < 1.29 is 23.8 Å². The van der Waals surface area contributed by atoms with Crippen LogP contribution in [0, 0.1) is 5.92 Å². The number of fused-ring (bicyclic) bond motifs is 1. The lowest BCUT2D eigenvalue weighted by Gasteiger charge is -2.42. The molecule has 3 fully saturated rings. The van der Waals surface area contributed by atoms with Crippen LogP contribution in [-0.4, -0.2) is 69.3 Å². The molecule has 0 spiro atoms. The summed E-state index contributed by atoms with van der Waals surface area (Å²) in [5, 5.41) is 3.09. The van der Waals surface area contributed by atoms with E-state index in [-0.39, 0.29) is 29.9 Å². The van der Waals surface area contributed by atoms with Crippen molar-refractivity contribution in [2.45, 2.75) is 31.4 Å². The summed E-state index contributed by atoms with van der Waals surface area (Å²) in [5.74, 6) is 1.66. The Bertz CT molecular complexity index is 1120. The number of hydrogen-bond donors (Lipinski definition) is 1. The van der Waals surface area contributed by atoms with Gasteiger partial charge in [0.1, 0.15) is 17.6 Å². The molecule has 5 rings (SSSR count). The molecule has 0 bridgehead atoms. The van der Waals surface area contributed by atoms with Gasteiger partial charge in [0.15, 0.2) is 5.76 Å². The zero-order valence-electron chi connectivity index (χ0n) is 20.8. The molecule has 2 aromatic carbocycles. The fourth-order valence-electron chi connectivity index (χ4n) is 5.38. The van der Waals surface area contributed by atoms with Crippen LogP contribution in [0.3, 0.4) is 0 Å². The molecule has 2 heterocycles. The number of amides is 2. The standard InChI is InChI=1S/C28H33N3O5/c1-34-22-10-8-21(9-11-22)30-13-15-31(16-14-30)28(33)20-7-12-25-23(17-20)29-27(32)26(36-25)18-19-5-3-4-6-24(19)35-2/h3-6,8-11,18,20,23,25H,7,12-17H2,1-2H3,(H,29,32)/b26-18+. The number of nitrogens with zero attached hydrogens (tertiary/aromatic N) is 2. The van der Waals surface area contributed by atoms with Crippen LogP contribution in [0.4, 0.5) is 5.69 Å². The second-order valence-corrected chi connectivity index (χ2v) is 9.51. The maximum Gasteiger partial charge on any atom is 0.286 e. The molecule has 0 radical (unpaired) electrons. The summed E-state index contributed by atoms with van der Waals surface area (Å²) in [6, 6.07) is 15.4. The molecule has 8 heteroatoms. The van der Waals surface area contributed by atoms with Crippen molar-refractivity contribution in [3.63, 3.8) is 0 Å². The Labute approximate surface area is 211 Å². The lowest BCUT2D eigenvalue weighted by atomic mass is 9.82. The number of ether oxygens (including phenoxy) is 3. The SMILES string of the molecule is COc1ccc(N2CCN(C(=O)C3CCC4O/C(=C/c5ccccc5OC)C(=O)NC4C3)CC2)cc1. The monoisotopic (exact) mass is 491 g/mol. The van der Waals surface area contributed by atoms with Crippen molar-refractivity contribution in [1.29, 1.82) is 0 Å². The number of nitrogens with one attached hydrogen (secondary N) is 1. The highest BCUT2D eigenvalue weighted by Gasteiger charge is 2.41. The van der Waals surface area contributed by atoms with Gasteiger partial charge < -0.3 is 29.3 Å². The molecular formula is C28H33N3O5. The lowest BCUT2D eigenvalue weighted by Crippen LogP contribution is -2.56. The molecule has 1 saturated carbocycles. The van der Waals surface area contributed by atoms with Gasteiger partial charge in [-0.25, -0.2) is 0 Å². The number of para-hydroxylation sites is 1. The number of morpholine rings is 1. The second-order valence-electron chi connectivity index (χ2n) is 9.51. The quantitative estimate of drug-likeness (QED) is 0.648. The first kappa shape index (κ1) is 24.0. The molecule has 2 saturated heterocycles. The predicted molar refractivity (Wildman–Crippen MR) is 137 cm³/mol. The van der Waals surface area contributed by atoms with E-state index in [0.29, 0.717) is 31.0 Å². The summed E-state index contributed by atoms with van der Waals surface area (Å²) in [7, 11) is 3.27. The maximum atomic E-state index is 13.3. The molecule has 1 N–H and O–H groups in total. The van der Waals surface area contributed by atoms with E-state index in [4.69, 9.17) is 14.2 Å². The van der Waals surface area contributed by atoms with Crippen molar-refractivity contribution in [2.75, 3.05) is 45.3 Å². The average Bonchev–Trinajstić information content (AvgIpc) is 2.93. The Morgan fingerprint density at radius 1 is 1.00 bits per heavy atom. The zero-order chi connectivity index (χ0) is 25.1. The van der Waals surface area contributed by atoms with E-state index in [1.165, 1.54) is 0 Å². The van der Waals surface area contributed by atoms with Gasteiger partial charge in [-0.1, -0.05) is 18.2 Å². The Kier molecular flexibility index (Phi) is 7.02.